The molecule has 2 aliphatic carbocycles. The molecule has 3 N–H and O–H groups in total. The van der Waals surface area contributed by atoms with Crippen LogP contribution in [0, 0.1) is 11.3 Å². The third-order valence-corrected chi connectivity index (χ3v) is 9.27. The lowest BCUT2D eigenvalue weighted by Gasteiger charge is -2.39. The number of benzene rings is 2. The average molecular weight is 569 g/mol. The van der Waals surface area contributed by atoms with E-state index >= 15 is 0 Å². The third-order valence-electron chi connectivity index (χ3n) is 9.27. The fourth-order valence-corrected chi connectivity index (χ4v) is 6.53. The summed E-state index contributed by atoms with van der Waals surface area (Å²) in [5, 5.41) is 6.40. The van der Waals surface area contributed by atoms with E-state index in [0.29, 0.717) is 31.5 Å². The number of H-pyrrole nitrogens is 1. The Hall–Kier alpha value is -4.27. The van der Waals surface area contributed by atoms with E-state index in [0.717, 1.165) is 42.1 Å². The second kappa shape index (κ2) is 11.5. The van der Waals surface area contributed by atoms with Crippen molar-refractivity contribution in [2.24, 2.45) is 11.3 Å². The van der Waals surface area contributed by atoms with Crippen molar-refractivity contribution in [1.29, 1.82) is 0 Å². The molecule has 6 rings (SSSR count). The number of ketones is 2. The smallest absolute Gasteiger partial charge is 0.289 e. The van der Waals surface area contributed by atoms with Crippen LogP contribution in [-0.4, -0.2) is 57.8 Å². The average Bonchev–Trinajstić information content (AvgIpc) is 3.41. The third kappa shape index (κ3) is 5.86. The van der Waals surface area contributed by atoms with E-state index in [1.165, 1.54) is 0 Å². The van der Waals surface area contributed by atoms with Gasteiger partial charge in [-0.1, -0.05) is 48.5 Å². The van der Waals surface area contributed by atoms with Crippen LogP contribution < -0.4 is 10.6 Å². The first-order valence-corrected chi connectivity index (χ1v) is 14.9. The largest absolute Gasteiger partial charge is 0.351 e. The molecule has 1 spiro atoms. The number of carbonyl (C=O) groups is 5. The van der Waals surface area contributed by atoms with Crippen molar-refractivity contribution in [1.82, 2.24) is 20.5 Å². The van der Waals surface area contributed by atoms with Crippen molar-refractivity contribution in [2.75, 3.05) is 6.54 Å². The number of carbonyl (C=O) groups excluding carboxylic acids is 5. The Bertz CT molecular complexity index is 1490. The molecular formula is C33H36N4O5. The van der Waals surface area contributed by atoms with E-state index < -0.39 is 29.7 Å². The van der Waals surface area contributed by atoms with E-state index in [2.05, 4.69) is 15.6 Å². The standard InChI is InChI=1S/C33H36N4O5/c38-28-12-6-10-23(28)18-25(29(39)31(41)34-20-21-7-2-1-3-8-21)36-30(40)27-19-33(13-14-33)15-16-37(27)32(42)26-17-22-9-4-5-11-24(22)35-26/h1-5,7-9,11,17,23,25,27,35H,6,10,12-16,18-20H2,(H,34,41)(H,36,40)/t23-,25-,27-/m0/s1. The summed E-state index contributed by atoms with van der Waals surface area (Å²) in [4.78, 5) is 71.3. The number of piperidine rings is 1. The predicted octanol–water partition coefficient (Wildman–Crippen LogP) is 3.68. The van der Waals surface area contributed by atoms with Gasteiger partial charge >= 0.3 is 0 Å². The topological polar surface area (TPSA) is 128 Å². The summed E-state index contributed by atoms with van der Waals surface area (Å²) in [5.74, 6) is -2.63. The molecule has 9 heteroatoms. The SMILES string of the molecule is O=C(NCc1ccccc1)C(=O)[C@H](C[C@@H]1CCCC1=O)NC(=O)[C@@H]1CC2(CCN1C(=O)c1cc3ccccc3[nH]1)CC2. The summed E-state index contributed by atoms with van der Waals surface area (Å²) in [5.41, 5.74) is 2.12. The molecule has 2 aromatic carbocycles. The molecule has 0 bridgehead atoms. The summed E-state index contributed by atoms with van der Waals surface area (Å²) < 4.78 is 0. The number of aromatic nitrogens is 1. The summed E-state index contributed by atoms with van der Waals surface area (Å²) in [6.45, 7) is 0.607. The Morgan fingerprint density at radius 2 is 1.76 bits per heavy atom. The molecule has 3 fully saturated rings. The fourth-order valence-electron chi connectivity index (χ4n) is 6.53. The number of Topliss-reactive ketones (excluding diaryl/α,β-unsaturated/α-hetero) is 2. The van der Waals surface area contributed by atoms with Crippen molar-refractivity contribution in [3.8, 4) is 0 Å². The highest BCUT2D eigenvalue weighted by molar-refractivity contribution is 6.38. The van der Waals surface area contributed by atoms with Gasteiger partial charge in [0.25, 0.3) is 11.8 Å². The number of likely N-dealkylation sites (tertiary alicyclic amines) is 1. The van der Waals surface area contributed by atoms with E-state index in [1.54, 1.807) is 11.0 Å². The summed E-state index contributed by atoms with van der Waals surface area (Å²) in [6, 6.07) is 16.7. The van der Waals surface area contributed by atoms with E-state index in [1.807, 2.05) is 54.6 Å². The molecule has 9 nitrogen and oxygen atoms in total. The van der Waals surface area contributed by atoms with Gasteiger partial charge in [-0.2, -0.15) is 0 Å². The summed E-state index contributed by atoms with van der Waals surface area (Å²) in [7, 11) is 0. The van der Waals surface area contributed by atoms with Gasteiger partial charge in [-0.15, -0.1) is 0 Å². The highest BCUT2D eigenvalue weighted by atomic mass is 16.2. The van der Waals surface area contributed by atoms with Gasteiger partial charge in [-0.05, 0) is 68.1 Å². The van der Waals surface area contributed by atoms with Gasteiger partial charge < -0.3 is 20.5 Å². The molecule has 0 radical (unpaired) electrons. The Kier molecular flexibility index (Phi) is 7.66. The van der Waals surface area contributed by atoms with Crippen molar-refractivity contribution in [3.05, 3.63) is 71.9 Å². The molecule has 42 heavy (non-hydrogen) atoms. The first-order valence-electron chi connectivity index (χ1n) is 14.9. The number of fused-ring (bicyclic) bond motifs is 1. The van der Waals surface area contributed by atoms with E-state index in [-0.39, 0.29) is 36.0 Å². The van der Waals surface area contributed by atoms with Crippen LogP contribution in [0.15, 0.2) is 60.7 Å². The van der Waals surface area contributed by atoms with E-state index in [9.17, 15) is 24.0 Å². The number of hydrogen-bond acceptors (Lipinski definition) is 5. The van der Waals surface area contributed by atoms with Gasteiger partial charge in [0.2, 0.25) is 11.7 Å². The molecule has 3 atom stereocenters. The van der Waals surface area contributed by atoms with Gasteiger partial charge in [0, 0.05) is 36.3 Å². The number of aromatic amines is 1. The maximum atomic E-state index is 13.9. The van der Waals surface area contributed by atoms with Crippen LogP contribution in [0.3, 0.4) is 0 Å². The van der Waals surface area contributed by atoms with Crippen LogP contribution in [0.4, 0.5) is 0 Å². The van der Waals surface area contributed by atoms with E-state index in [4.69, 9.17) is 0 Å². The zero-order valence-corrected chi connectivity index (χ0v) is 23.6. The van der Waals surface area contributed by atoms with Gasteiger partial charge in [-0.3, -0.25) is 24.0 Å². The molecule has 2 heterocycles. The molecule has 0 unspecified atom stereocenters. The maximum absolute atomic E-state index is 13.9. The Morgan fingerprint density at radius 1 is 1.00 bits per heavy atom. The molecule has 1 aliphatic heterocycles. The number of para-hydroxylation sites is 1. The monoisotopic (exact) mass is 568 g/mol. The minimum absolute atomic E-state index is 0.0349. The number of hydrogen-bond donors (Lipinski definition) is 3. The van der Waals surface area contributed by atoms with Crippen LogP contribution in [0.5, 0.6) is 0 Å². The molecule has 218 valence electrons. The molecule has 2 saturated carbocycles. The van der Waals surface area contributed by atoms with Crippen molar-refractivity contribution >= 4 is 40.2 Å². The zero-order valence-electron chi connectivity index (χ0n) is 23.6. The van der Waals surface area contributed by atoms with Gasteiger partial charge in [0.15, 0.2) is 0 Å². The highest BCUT2D eigenvalue weighted by Crippen LogP contribution is 2.55. The van der Waals surface area contributed by atoms with Crippen LogP contribution in [-0.2, 0) is 25.7 Å². The Labute approximate surface area is 244 Å². The zero-order chi connectivity index (χ0) is 29.3. The number of amides is 3. The van der Waals surface area contributed by atoms with Crippen LogP contribution in [0.1, 0.15) is 67.4 Å². The van der Waals surface area contributed by atoms with Gasteiger partial charge in [-0.25, -0.2) is 0 Å². The van der Waals surface area contributed by atoms with Crippen molar-refractivity contribution in [3.63, 3.8) is 0 Å². The van der Waals surface area contributed by atoms with Crippen LogP contribution >= 0.6 is 0 Å². The first-order chi connectivity index (χ1) is 20.3. The number of nitrogens with one attached hydrogen (secondary N) is 3. The molecule has 1 aromatic heterocycles. The normalized spacial score (nSPS) is 21.7. The maximum Gasteiger partial charge on any atom is 0.289 e. The second-order valence-corrected chi connectivity index (χ2v) is 12.1. The van der Waals surface area contributed by atoms with Crippen molar-refractivity contribution < 1.29 is 24.0 Å². The minimum atomic E-state index is -1.15. The second-order valence-electron chi connectivity index (χ2n) is 12.1. The lowest BCUT2D eigenvalue weighted by Crippen LogP contribution is -2.58. The van der Waals surface area contributed by atoms with Gasteiger partial charge in [0.1, 0.15) is 17.5 Å². The Morgan fingerprint density at radius 3 is 2.48 bits per heavy atom. The van der Waals surface area contributed by atoms with Crippen LogP contribution in [0.2, 0.25) is 0 Å². The Balaban J connectivity index is 1.21. The lowest BCUT2D eigenvalue weighted by molar-refractivity contribution is -0.141. The number of nitrogens with zero attached hydrogens (tertiary/aromatic N) is 1. The lowest BCUT2D eigenvalue weighted by atomic mass is 9.86. The molecule has 3 amide bonds. The molecule has 3 aliphatic rings. The predicted molar refractivity (Wildman–Crippen MR) is 156 cm³/mol. The fraction of sp³-hybridized carbons (Fsp3) is 0.424. The summed E-state index contributed by atoms with van der Waals surface area (Å²) >= 11 is 0. The highest BCUT2D eigenvalue weighted by Gasteiger charge is 2.51. The van der Waals surface area contributed by atoms with Gasteiger partial charge in [0.05, 0.1) is 6.04 Å². The quantitative estimate of drug-likeness (QED) is 0.339. The number of rotatable bonds is 9. The molecular weight excluding hydrogens is 532 g/mol. The van der Waals surface area contributed by atoms with Crippen molar-refractivity contribution in [2.45, 2.75) is 70.0 Å². The summed E-state index contributed by atoms with van der Waals surface area (Å²) in [6.07, 6.45) is 5.22. The first kappa shape index (κ1) is 27.9. The molecule has 3 aromatic rings. The molecule has 1 saturated heterocycles. The minimum Gasteiger partial charge on any atom is -0.351 e. The van der Waals surface area contributed by atoms with Crippen LogP contribution in [0.25, 0.3) is 10.9 Å².